The summed E-state index contributed by atoms with van der Waals surface area (Å²) in [6.45, 7) is 4.41. The van der Waals surface area contributed by atoms with Gasteiger partial charge in [0.2, 0.25) is 21.8 Å². The minimum atomic E-state index is -3.79. The van der Waals surface area contributed by atoms with Gasteiger partial charge in [0.25, 0.3) is 0 Å². The average Bonchev–Trinajstić information content (AvgIpc) is 3.82. The number of likely N-dealkylation sites (tertiary alicyclic amines) is 1. The first-order chi connectivity index (χ1) is 31.0. The molecule has 3 fully saturated rings. The number of hydrogen-bond donors (Lipinski definition) is 5. The van der Waals surface area contributed by atoms with E-state index in [1.54, 1.807) is 45.6 Å². The number of nitrogens with one attached hydrogen (secondary N) is 3. The topological polar surface area (TPSA) is 217 Å². The second kappa shape index (κ2) is 18.5. The molecule has 65 heavy (non-hydrogen) atoms. The molecule has 5 aromatic rings. The molecule has 3 aromatic carbocycles. The highest BCUT2D eigenvalue weighted by atomic mass is 35.5. The van der Waals surface area contributed by atoms with Gasteiger partial charge in [0.1, 0.15) is 11.1 Å². The summed E-state index contributed by atoms with van der Waals surface area (Å²) in [5.74, 6) is -3.28. The van der Waals surface area contributed by atoms with Crippen LogP contribution >= 0.6 is 22.9 Å². The first kappa shape index (κ1) is 45.6. The fraction of sp³-hybridized carbons (Fsp3) is 0.370. The third-order valence-corrected chi connectivity index (χ3v) is 16.1. The molecule has 5 heterocycles. The number of carboxylic acids is 2. The van der Waals surface area contributed by atoms with Gasteiger partial charge in [0.05, 0.1) is 10.6 Å². The minimum absolute atomic E-state index is 0.00386. The van der Waals surface area contributed by atoms with Crippen molar-refractivity contribution >= 4 is 85.0 Å². The summed E-state index contributed by atoms with van der Waals surface area (Å²) in [5.41, 5.74) is 3.73. The molecular weight excluding hydrogens is 896 g/mol. The number of imide groups is 1. The van der Waals surface area contributed by atoms with E-state index < -0.39 is 40.1 Å². The van der Waals surface area contributed by atoms with Gasteiger partial charge in [-0.05, 0) is 116 Å². The molecule has 342 valence electrons. The largest absolute Gasteiger partial charge is 0.479 e. The summed E-state index contributed by atoms with van der Waals surface area (Å²) in [4.78, 5) is 62.6. The van der Waals surface area contributed by atoms with Crippen molar-refractivity contribution in [3.8, 4) is 16.2 Å². The van der Waals surface area contributed by atoms with Crippen molar-refractivity contribution in [2.45, 2.75) is 81.7 Å². The predicted octanol–water partition coefficient (Wildman–Crippen LogP) is 7.76. The highest BCUT2D eigenvalue weighted by molar-refractivity contribution is 7.88. The Hall–Kier alpha value is -5.95. The number of urea groups is 1. The molecule has 0 radical (unpaired) electrons. The van der Waals surface area contributed by atoms with Crippen molar-refractivity contribution in [2.75, 3.05) is 36.9 Å². The molecule has 8 rings (SSSR count). The van der Waals surface area contributed by atoms with Gasteiger partial charge in [0, 0.05) is 60.7 Å². The SMILES string of the molecule is CC1(C)C[C@@H](Nc2cccc(-c3sc(C(=O)O)c(OCC(=O)O)c3Cl)c2)CCN1S(=O)(=O)Cc1cccc(NC(=O)N2CCC(c3ccc4c(ccn4C4CCC(=O)NC4=O)c3)CC2)c1. The van der Waals surface area contributed by atoms with Crippen molar-refractivity contribution in [2.24, 2.45) is 0 Å². The number of piperidine rings is 3. The Balaban J connectivity index is 0.846. The van der Waals surface area contributed by atoms with Gasteiger partial charge in [0.15, 0.2) is 17.2 Å². The van der Waals surface area contributed by atoms with E-state index >= 15 is 0 Å². The van der Waals surface area contributed by atoms with Gasteiger partial charge in [-0.15, -0.1) is 11.3 Å². The molecule has 4 amide bonds. The number of carbonyl (C=O) groups is 5. The standard InChI is InChI=1S/C46H49ClN6O10S2/c1-46(2)24-34(48-33-8-4-6-31(23-33)41-39(47)40(63-25-38(55)56)42(64-41)44(58)59)16-20-53(46)65(61,62)26-27-5-3-7-32(21-27)49-45(60)51-17-13-28(14-18-51)29-9-10-35-30(22-29)15-19-52(35)36-11-12-37(54)50-43(36)57/h3-10,15,19,21-23,28,34,36,48H,11-14,16-18,20,24-26H2,1-2H3,(H,49,60)(H,55,56)(H,58,59)(H,50,54,57)/t34-,36?/m0/s1. The molecule has 3 aliphatic rings. The molecule has 3 saturated heterocycles. The molecule has 2 aromatic heterocycles. The van der Waals surface area contributed by atoms with E-state index in [1.165, 1.54) is 5.56 Å². The Morgan fingerprint density at radius 1 is 0.938 bits per heavy atom. The molecule has 5 N–H and O–H groups in total. The van der Waals surface area contributed by atoms with Gasteiger partial charge < -0.3 is 35.1 Å². The molecule has 0 saturated carbocycles. The quantitative estimate of drug-likeness (QED) is 0.0719. The number of amides is 4. The van der Waals surface area contributed by atoms with Crippen molar-refractivity contribution in [3.63, 3.8) is 0 Å². The number of rotatable bonds is 13. The van der Waals surface area contributed by atoms with Crippen LogP contribution in [0.5, 0.6) is 5.75 Å². The number of nitrogens with zero attached hydrogens (tertiary/aromatic N) is 3. The lowest BCUT2D eigenvalue weighted by molar-refractivity contribution is -0.139. The number of aromatic carboxylic acids is 1. The highest BCUT2D eigenvalue weighted by Gasteiger charge is 2.42. The fourth-order valence-corrected chi connectivity index (χ4v) is 12.7. The van der Waals surface area contributed by atoms with Crippen LogP contribution in [0.2, 0.25) is 5.02 Å². The van der Waals surface area contributed by atoms with Crippen molar-refractivity contribution in [1.82, 2.24) is 19.1 Å². The number of fused-ring (bicyclic) bond motifs is 1. The second-order valence-electron chi connectivity index (χ2n) is 17.3. The number of carbonyl (C=O) groups excluding carboxylic acids is 3. The van der Waals surface area contributed by atoms with Gasteiger partial charge in [-0.1, -0.05) is 41.9 Å². The first-order valence-corrected chi connectivity index (χ1v) is 24.1. The number of hydrogen-bond acceptors (Lipinski definition) is 10. The third-order valence-electron chi connectivity index (χ3n) is 12.3. The summed E-state index contributed by atoms with van der Waals surface area (Å²) in [5, 5.41) is 28.7. The number of aromatic nitrogens is 1. The number of halogens is 1. The van der Waals surface area contributed by atoms with E-state index in [2.05, 4.69) is 28.1 Å². The van der Waals surface area contributed by atoms with E-state index in [0.717, 1.165) is 40.8 Å². The Kier molecular flexibility index (Phi) is 13.0. The third kappa shape index (κ3) is 10.00. The molecule has 19 heteroatoms. The minimum Gasteiger partial charge on any atom is -0.479 e. The number of aliphatic carboxylic acids is 1. The van der Waals surface area contributed by atoms with Crippen LogP contribution in [0.4, 0.5) is 16.2 Å². The lowest BCUT2D eigenvalue weighted by Gasteiger charge is -2.45. The summed E-state index contributed by atoms with van der Waals surface area (Å²) < 4.78 is 36.7. The molecule has 3 aliphatic heterocycles. The Morgan fingerprint density at radius 2 is 1.69 bits per heavy atom. The maximum Gasteiger partial charge on any atom is 0.349 e. The number of sulfonamides is 1. The second-order valence-corrected chi connectivity index (χ2v) is 20.6. The molecule has 0 spiro atoms. The van der Waals surface area contributed by atoms with Crippen LogP contribution in [0.1, 0.15) is 85.1 Å². The van der Waals surface area contributed by atoms with Crippen LogP contribution in [-0.4, -0.2) is 100 Å². The lowest BCUT2D eigenvalue weighted by Crippen LogP contribution is -2.55. The normalized spacial score (nSPS) is 19.5. The van der Waals surface area contributed by atoms with E-state index in [4.69, 9.17) is 21.4 Å². The molecule has 0 aliphatic carbocycles. The van der Waals surface area contributed by atoms with Gasteiger partial charge in [-0.25, -0.2) is 22.8 Å². The van der Waals surface area contributed by atoms with Crippen LogP contribution in [0, 0.1) is 0 Å². The van der Waals surface area contributed by atoms with Crippen LogP contribution < -0.4 is 20.7 Å². The smallest absolute Gasteiger partial charge is 0.349 e. The average molecular weight is 946 g/mol. The van der Waals surface area contributed by atoms with Gasteiger partial charge >= 0.3 is 18.0 Å². The molecular formula is C46H49ClN6O10S2. The first-order valence-electron chi connectivity index (χ1n) is 21.3. The monoisotopic (exact) mass is 944 g/mol. The van der Waals surface area contributed by atoms with Crippen LogP contribution in [0.3, 0.4) is 0 Å². The highest BCUT2D eigenvalue weighted by Crippen LogP contribution is 2.46. The van der Waals surface area contributed by atoms with E-state index in [9.17, 15) is 37.5 Å². The zero-order valence-corrected chi connectivity index (χ0v) is 38.1. The van der Waals surface area contributed by atoms with Crippen LogP contribution in [0.25, 0.3) is 21.3 Å². The summed E-state index contributed by atoms with van der Waals surface area (Å²) in [6, 6.07) is 21.6. The zero-order valence-electron chi connectivity index (χ0n) is 35.7. The van der Waals surface area contributed by atoms with Crippen molar-refractivity contribution < 1.29 is 47.3 Å². The van der Waals surface area contributed by atoms with E-state index in [0.29, 0.717) is 60.5 Å². The van der Waals surface area contributed by atoms with Gasteiger partial charge in [-0.3, -0.25) is 14.9 Å². The number of carboxylic acid groups (broad SMARTS) is 2. The Morgan fingerprint density at radius 3 is 2.42 bits per heavy atom. The number of thiophene rings is 1. The number of anilines is 2. The molecule has 16 nitrogen and oxygen atoms in total. The molecule has 2 atom stereocenters. The molecule has 0 bridgehead atoms. The summed E-state index contributed by atoms with van der Waals surface area (Å²) in [7, 11) is -3.79. The van der Waals surface area contributed by atoms with Crippen molar-refractivity contribution in [3.05, 3.63) is 100 Å². The summed E-state index contributed by atoms with van der Waals surface area (Å²) >= 11 is 7.40. The van der Waals surface area contributed by atoms with Gasteiger partial charge in [-0.2, -0.15) is 4.31 Å². The predicted molar refractivity (Wildman–Crippen MR) is 247 cm³/mol. The fourth-order valence-electron chi connectivity index (χ4n) is 9.29. The van der Waals surface area contributed by atoms with Crippen LogP contribution in [0.15, 0.2) is 79.0 Å². The van der Waals surface area contributed by atoms with E-state index in [-0.39, 0.29) is 57.8 Å². The van der Waals surface area contributed by atoms with Crippen LogP contribution in [-0.2, 0) is 30.2 Å². The Bertz CT molecular complexity index is 2800. The Labute approximate surface area is 384 Å². The van der Waals surface area contributed by atoms with E-state index in [1.807, 2.05) is 48.9 Å². The summed E-state index contributed by atoms with van der Waals surface area (Å²) in [6.07, 6.45) is 5.22. The number of ether oxygens (including phenoxy) is 1. The number of benzene rings is 3. The molecule has 1 unspecified atom stereocenters. The maximum absolute atomic E-state index is 14.0. The zero-order chi connectivity index (χ0) is 46.2. The van der Waals surface area contributed by atoms with Crippen molar-refractivity contribution in [1.29, 1.82) is 0 Å². The maximum atomic E-state index is 14.0. The lowest BCUT2D eigenvalue weighted by atomic mass is 9.89.